The monoisotopic (exact) mass is 253 g/mol. The number of carbonyl (C=O) groups excluding carboxylic acids is 1. The number of carboxylic acids is 1. The highest BCUT2D eigenvalue weighted by Gasteiger charge is 2.26. The fraction of sp³-hybridized carbons (Fsp3) is 0.583. The Morgan fingerprint density at radius 2 is 2.11 bits per heavy atom. The van der Waals surface area contributed by atoms with Crippen LogP contribution in [-0.4, -0.2) is 44.3 Å². The smallest absolute Gasteiger partial charge is 0.305 e. The maximum absolute atomic E-state index is 12.3. The minimum atomic E-state index is -0.902. The van der Waals surface area contributed by atoms with Crippen LogP contribution in [0.2, 0.25) is 0 Å². The predicted molar refractivity (Wildman–Crippen MR) is 66.0 cm³/mol. The van der Waals surface area contributed by atoms with E-state index in [4.69, 9.17) is 5.11 Å². The summed E-state index contributed by atoms with van der Waals surface area (Å²) in [6.45, 7) is 5.82. The van der Waals surface area contributed by atoms with E-state index in [2.05, 4.69) is 5.10 Å². The zero-order valence-corrected chi connectivity index (χ0v) is 10.9. The lowest BCUT2D eigenvalue weighted by Crippen LogP contribution is -2.43. The first-order valence-corrected chi connectivity index (χ1v) is 5.98. The third-order valence-electron chi connectivity index (χ3n) is 2.90. The normalized spacial score (nSPS) is 13.9. The van der Waals surface area contributed by atoms with Crippen molar-refractivity contribution in [2.45, 2.75) is 39.3 Å². The van der Waals surface area contributed by atoms with E-state index >= 15 is 0 Å². The number of hydrogen-bond donors (Lipinski definition) is 1. The van der Waals surface area contributed by atoms with Crippen molar-refractivity contribution in [2.24, 2.45) is 0 Å². The van der Waals surface area contributed by atoms with Gasteiger partial charge in [-0.3, -0.25) is 14.3 Å². The maximum atomic E-state index is 12.3. The van der Waals surface area contributed by atoms with Crippen molar-refractivity contribution < 1.29 is 14.7 Å². The van der Waals surface area contributed by atoms with Gasteiger partial charge < -0.3 is 10.0 Å². The number of carboxylic acid groups (broad SMARTS) is 1. The zero-order chi connectivity index (χ0) is 13.7. The lowest BCUT2D eigenvalue weighted by atomic mass is 10.1. The van der Waals surface area contributed by atoms with Crippen molar-refractivity contribution in [3.05, 3.63) is 18.5 Å². The average molecular weight is 253 g/mol. The second kappa shape index (κ2) is 6.18. The zero-order valence-electron chi connectivity index (χ0n) is 10.9. The highest BCUT2D eigenvalue weighted by Crippen LogP contribution is 2.13. The van der Waals surface area contributed by atoms with E-state index in [1.807, 2.05) is 6.92 Å². The van der Waals surface area contributed by atoms with E-state index in [1.54, 1.807) is 41.9 Å². The summed E-state index contributed by atoms with van der Waals surface area (Å²) in [7, 11) is 0. The van der Waals surface area contributed by atoms with Gasteiger partial charge in [0.25, 0.3) is 0 Å². The van der Waals surface area contributed by atoms with Gasteiger partial charge in [-0.15, -0.1) is 0 Å². The molecule has 0 fully saturated rings. The molecule has 0 saturated carbocycles. The molecule has 1 rings (SSSR count). The predicted octanol–water partition coefficient (Wildman–Crippen LogP) is 1.16. The number of likely N-dealkylation sites (N-methyl/N-ethyl adjacent to an activating group) is 1. The van der Waals surface area contributed by atoms with Crippen LogP contribution in [0, 0.1) is 0 Å². The van der Waals surface area contributed by atoms with Crippen LogP contribution in [-0.2, 0) is 9.59 Å². The minimum absolute atomic E-state index is 0.0502. The fourth-order valence-corrected chi connectivity index (χ4v) is 1.91. The molecule has 6 heteroatoms. The molecule has 0 bridgehead atoms. The highest BCUT2D eigenvalue weighted by atomic mass is 16.4. The summed E-state index contributed by atoms with van der Waals surface area (Å²) in [5, 5.41) is 12.8. The molecule has 0 aliphatic heterocycles. The third-order valence-corrected chi connectivity index (χ3v) is 2.90. The summed E-state index contributed by atoms with van der Waals surface area (Å²) in [5.74, 6) is -1.02. The van der Waals surface area contributed by atoms with Crippen molar-refractivity contribution in [3.63, 3.8) is 0 Å². The summed E-state index contributed by atoms with van der Waals surface area (Å²) < 4.78 is 1.57. The summed E-state index contributed by atoms with van der Waals surface area (Å²) in [6, 6.07) is 1.01. The third kappa shape index (κ3) is 3.32. The molecular weight excluding hydrogens is 234 g/mol. The quantitative estimate of drug-likeness (QED) is 0.825. The first kappa shape index (κ1) is 14.2. The van der Waals surface area contributed by atoms with Crippen LogP contribution in [0.15, 0.2) is 18.5 Å². The number of nitrogens with zero attached hydrogens (tertiary/aromatic N) is 3. The summed E-state index contributed by atoms with van der Waals surface area (Å²) in [6.07, 6.45) is 3.28. The fourth-order valence-electron chi connectivity index (χ4n) is 1.91. The molecule has 0 aromatic carbocycles. The second-order valence-electron chi connectivity index (χ2n) is 4.23. The van der Waals surface area contributed by atoms with Gasteiger partial charge in [-0.05, 0) is 26.8 Å². The van der Waals surface area contributed by atoms with Gasteiger partial charge in [-0.1, -0.05) is 0 Å². The first-order chi connectivity index (χ1) is 8.47. The van der Waals surface area contributed by atoms with Gasteiger partial charge in [0.15, 0.2) is 0 Å². The lowest BCUT2D eigenvalue weighted by molar-refractivity contribution is -0.141. The van der Waals surface area contributed by atoms with Crippen LogP contribution in [0.3, 0.4) is 0 Å². The molecule has 0 radical (unpaired) electrons. The molecule has 2 unspecified atom stereocenters. The molecule has 0 saturated heterocycles. The van der Waals surface area contributed by atoms with E-state index in [1.165, 1.54) is 0 Å². The summed E-state index contributed by atoms with van der Waals surface area (Å²) in [4.78, 5) is 24.5. The highest BCUT2D eigenvalue weighted by molar-refractivity contribution is 5.81. The van der Waals surface area contributed by atoms with E-state index in [9.17, 15) is 9.59 Å². The van der Waals surface area contributed by atoms with Crippen LogP contribution in [0.25, 0.3) is 0 Å². The Balaban J connectivity index is 2.76. The molecule has 1 amide bonds. The lowest BCUT2D eigenvalue weighted by Gasteiger charge is -2.29. The van der Waals surface area contributed by atoms with Gasteiger partial charge in [-0.2, -0.15) is 5.10 Å². The topological polar surface area (TPSA) is 75.4 Å². The van der Waals surface area contributed by atoms with Gasteiger partial charge in [-0.25, -0.2) is 0 Å². The van der Waals surface area contributed by atoms with Crippen molar-refractivity contribution >= 4 is 11.9 Å². The Morgan fingerprint density at radius 3 is 2.56 bits per heavy atom. The largest absolute Gasteiger partial charge is 0.481 e. The first-order valence-electron chi connectivity index (χ1n) is 5.98. The van der Waals surface area contributed by atoms with Gasteiger partial charge in [0.2, 0.25) is 5.91 Å². The van der Waals surface area contributed by atoms with Crippen LogP contribution in [0.5, 0.6) is 0 Å². The number of rotatable bonds is 6. The number of aliphatic carboxylic acids is 1. The van der Waals surface area contributed by atoms with E-state index in [-0.39, 0.29) is 18.4 Å². The van der Waals surface area contributed by atoms with Gasteiger partial charge in [0.1, 0.15) is 6.04 Å². The molecule has 0 aliphatic carbocycles. The van der Waals surface area contributed by atoms with Crippen LogP contribution >= 0.6 is 0 Å². The standard InChI is InChI=1S/C12H19N3O3/c1-4-14(9(2)8-11(16)17)12(18)10(3)15-7-5-6-13-15/h5-7,9-10H,4,8H2,1-3H3,(H,16,17). The van der Waals surface area contributed by atoms with E-state index < -0.39 is 12.0 Å². The Morgan fingerprint density at radius 1 is 1.44 bits per heavy atom. The molecule has 1 N–H and O–H groups in total. The Bertz CT molecular complexity index is 403. The van der Waals surface area contributed by atoms with E-state index in [0.29, 0.717) is 6.54 Å². The molecule has 0 spiro atoms. The number of hydrogen-bond acceptors (Lipinski definition) is 3. The molecular formula is C12H19N3O3. The molecule has 2 atom stereocenters. The number of aromatic nitrogens is 2. The summed E-state index contributed by atoms with van der Waals surface area (Å²) >= 11 is 0. The Labute approximate surface area is 106 Å². The van der Waals surface area contributed by atoms with Crippen LogP contribution < -0.4 is 0 Å². The summed E-state index contributed by atoms with van der Waals surface area (Å²) in [5.41, 5.74) is 0. The molecule has 1 aromatic rings. The maximum Gasteiger partial charge on any atom is 0.305 e. The Kier molecular flexibility index (Phi) is 4.88. The van der Waals surface area contributed by atoms with Crippen molar-refractivity contribution in [3.8, 4) is 0 Å². The van der Waals surface area contributed by atoms with Crippen molar-refractivity contribution in [1.29, 1.82) is 0 Å². The molecule has 1 heterocycles. The van der Waals surface area contributed by atoms with E-state index in [0.717, 1.165) is 0 Å². The molecule has 1 aromatic heterocycles. The SMILES string of the molecule is CCN(C(=O)C(C)n1cccn1)C(C)CC(=O)O. The Hall–Kier alpha value is -1.85. The van der Waals surface area contributed by atoms with Gasteiger partial charge >= 0.3 is 5.97 Å². The molecule has 0 aliphatic rings. The van der Waals surface area contributed by atoms with Gasteiger partial charge in [0, 0.05) is 25.0 Å². The average Bonchev–Trinajstić information content (AvgIpc) is 2.81. The second-order valence-corrected chi connectivity index (χ2v) is 4.23. The molecule has 18 heavy (non-hydrogen) atoms. The number of carbonyl (C=O) groups is 2. The van der Waals surface area contributed by atoms with Crippen LogP contribution in [0.4, 0.5) is 0 Å². The number of amides is 1. The van der Waals surface area contributed by atoms with Crippen molar-refractivity contribution in [2.75, 3.05) is 6.54 Å². The van der Waals surface area contributed by atoms with Gasteiger partial charge in [0.05, 0.1) is 6.42 Å². The van der Waals surface area contributed by atoms with Crippen molar-refractivity contribution in [1.82, 2.24) is 14.7 Å². The molecule has 6 nitrogen and oxygen atoms in total. The molecule has 100 valence electrons. The minimum Gasteiger partial charge on any atom is -0.481 e. The van der Waals surface area contributed by atoms with Crippen LogP contribution in [0.1, 0.15) is 33.2 Å².